The molecule has 1 aliphatic rings. The zero-order chi connectivity index (χ0) is 10.8. The molecule has 1 heterocycles. The second-order valence-electron chi connectivity index (χ2n) is 3.19. The summed E-state index contributed by atoms with van der Waals surface area (Å²) >= 11 is 0. The van der Waals surface area contributed by atoms with E-state index in [2.05, 4.69) is 5.32 Å². The highest BCUT2D eigenvalue weighted by Gasteiger charge is 2.14. The van der Waals surface area contributed by atoms with Crippen molar-refractivity contribution < 1.29 is 19.4 Å². The number of benzene rings is 1. The minimum atomic E-state index is -0.992. The Morgan fingerprint density at radius 2 is 2.27 bits per heavy atom. The minimum Gasteiger partial charge on any atom is -0.483 e. The largest absolute Gasteiger partial charge is 0.483 e. The van der Waals surface area contributed by atoms with Gasteiger partial charge in [0.25, 0.3) is 5.91 Å². The molecule has 15 heavy (non-hydrogen) atoms. The van der Waals surface area contributed by atoms with Gasteiger partial charge < -0.3 is 15.2 Å². The van der Waals surface area contributed by atoms with Crippen LogP contribution in [0.25, 0.3) is 0 Å². The van der Waals surface area contributed by atoms with Gasteiger partial charge in [-0.1, -0.05) is 0 Å². The molecule has 0 saturated heterocycles. The van der Waals surface area contributed by atoms with Crippen LogP contribution < -0.4 is 10.1 Å². The normalized spacial score (nSPS) is 14.5. The van der Waals surface area contributed by atoms with Gasteiger partial charge in [-0.05, 0) is 18.2 Å². The molecule has 1 amide bonds. The topological polar surface area (TPSA) is 75.6 Å². The fourth-order valence-electron chi connectivity index (χ4n) is 1.38. The molecule has 0 atom stereocenters. The zero-order valence-corrected chi connectivity index (χ0v) is 7.82. The zero-order valence-electron chi connectivity index (χ0n) is 7.82. The van der Waals surface area contributed by atoms with E-state index in [0.717, 1.165) is 0 Å². The van der Waals surface area contributed by atoms with Gasteiger partial charge in [0.2, 0.25) is 0 Å². The summed E-state index contributed by atoms with van der Waals surface area (Å²) < 4.78 is 5.19. The Morgan fingerprint density at radius 3 is 3.00 bits per heavy atom. The van der Waals surface area contributed by atoms with Crippen molar-refractivity contribution in [2.24, 2.45) is 0 Å². The highest BCUT2D eigenvalue weighted by Crippen LogP contribution is 2.21. The molecule has 0 radical (unpaired) electrons. The molecule has 0 spiro atoms. The summed E-state index contributed by atoms with van der Waals surface area (Å²) in [7, 11) is 0. The first-order valence-corrected chi connectivity index (χ1v) is 4.42. The van der Waals surface area contributed by atoms with Crippen LogP contribution in [-0.2, 0) is 11.3 Å². The number of carbonyl (C=O) groups excluding carboxylic acids is 1. The Balaban J connectivity index is 2.36. The molecular weight excluding hydrogens is 198 g/mol. The summed E-state index contributed by atoms with van der Waals surface area (Å²) in [4.78, 5) is 21.7. The summed E-state index contributed by atoms with van der Waals surface area (Å²) in [5, 5.41) is 11.4. The van der Waals surface area contributed by atoms with Gasteiger partial charge in [0, 0.05) is 12.1 Å². The lowest BCUT2D eigenvalue weighted by molar-refractivity contribution is -0.122. The van der Waals surface area contributed by atoms with E-state index in [0.29, 0.717) is 17.9 Å². The molecule has 0 unspecified atom stereocenters. The van der Waals surface area contributed by atoms with E-state index in [9.17, 15) is 9.59 Å². The quantitative estimate of drug-likeness (QED) is 0.698. The number of fused-ring (bicyclic) bond motifs is 1. The van der Waals surface area contributed by atoms with Crippen molar-refractivity contribution in [3.05, 3.63) is 29.3 Å². The van der Waals surface area contributed by atoms with Crippen molar-refractivity contribution >= 4 is 11.9 Å². The number of amides is 1. The van der Waals surface area contributed by atoms with Crippen LogP contribution in [0.5, 0.6) is 5.75 Å². The number of carboxylic acid groups (broad SMARTS) is 1. The number of hydrogen-bond donors (Lipinski definition) is 2. The lowest BCUT2D eigenvalue weighted by Crippen LogP contribution is -2.25. The van der Waals surface area contributed by atoms with Gasteiger partial charge in [-0.15, -0.1) is 0 Å². The molecule has 5 nitrogen and oxygen atoms in total. The molecule has 0 aromatic heterocycles. The Kier molecular flexibility index (Phi) is 2.29. The number of aromatic carboxylic acids is 1. The summed E-state index contributed by atoms with van der Waals surface area (Å²) in [6.07, 6.45) is 0. The molecule has 1 aromatic rings. The van der Waals surface area contributed by atoms with Crippen LogP contribution in [0.1, 0.15) is 15.9 Å². The summed E-state index contributed by atoms with van der Waals surface area (Å²) in [5.74, 6) is -0.644. The van der Waals surface area contributed by atoms with Crippen molar-refractivity contribution in [3.8, 4) is 5.75 Å². The summed E-state index contributed by atoms with van der Waals surface area (Å²) in [5.41, 5.74) is 0.870. The van der Waals surface area contributed by atoms with Gasteiger partial charge in [0.05, 0.1) is 5.56 Å². The van der Waals surface area contributed by atoms with E-state index in [1.807, 2.05) is 0 Å². The molecule has 0 aliphatic carbocycles. The lowest BCUT2D eigenvalue weighted by Gasteiger charge is -2.05. The summed E-state index contributed by atoms with van der Waals surface area (Å²) in [6.45, 7) is 0.273. The van der Waals surface area contributed by atoms with E-state index in [4.69, 9.17) is 9.84 Å². The molecule has 1 aliphatic heterocycles. The Morgan fingerprint density at radius 1 is 1.47 bits per heavy atom. The van der Waals surface area contributed by atoms with Crippen LogP contribution in [0.4, 0.5) is 0 Å². The smallest absolute Gasteiger partial charge is 0.335 e. The maximum absolute atomic E-state index is 11.0. The number of carboxylic acids is 1. The fourth-order valence-corrected chi connectivity index (χ4v) is 1.38. The third-order valence-corrected chi connectivity index (χ3v) is 2.14. The molecule has 5 heteroatoms. The Hall–Kier alpha value is -2.04. The predicted octanol–water partition coefficient (Wildman–Crippen LogP) is 0.393. The van der Waals surface area contributed by atoms with Gasteiger partial charge in [-0.3, -0.25) is 4.79 Å². The average molecular weight is 207 g/mol. The van der Waals surface area contributed by atoms with Crippen LogP contribution in [0.15, 0.2) is 18.2 Å². The third kappa shape index (κ3) is 1.90. The van der Waals surface area contributed by atoms with Crippen LogP contribution in [-0.4, -0.2) is 23.6 Å². The predicted molar refractivity (Wildman–Crippen MR) is 50.7 cm³/mol. The molecule has 78 valence electrons. The summed E-state index contributed by atoms with van der Waals surface area (Å²) in [6, 6.07) is 4.53. The van der Waals surface area contributed by atoms with E-state index < -0.39 is 5.97 Å². The van der Waals surface area contributed by atoms with Gasteiger partial charge in [0.1, 0.15) is 5.75 Å². The molecule has 0 saturated carbocycles. The lowest BCUT2D eigenvalue weighted by atomic mass is 10.1. The highest BCUT2D eigenvalue weighted by molar-refractivity contribution is 5.88. The van der Waals surface area contributed by atoms with Crippen LogP contribution in [0.2, 0.25) is 0 Å². The van der Waals surface area contributed by atoms with Gasteiger partial charge >= 0.3 is 5.97 Å². The monoisotopic (exact) mass is 207 g/mol. The fraction of sp³-hybridized carbons (Fsp3) is 0.200. The minimum absolute atomic E-state index is 0.0284. The molecule has 0 bridgehead atoms. The number of rotatable bonds is 1. The molecule has 2 N–H and O–H groups in total. The standard InChI is InChI=1S/C10H9NO4/c12-9-5-15-8-2-1-6(10(13)14)3-7(8)4-11-9/h1-3H,4-5H2,(H,11,12)(H,13,14). The van der Waals surface area contributed by atoms with Crippen molar-refractivity contribution in [3.63, 3.8) is 0 Å². The number of nitrogens with one attached hydrogen (secondary N) is 1. The number of ether oxygens (including phenoxy) is 1. The van der Waals surface area contributed by atoms with Crippen LogP contribution in [0, 0.1) is 0 Å². The second-order valence-corrected chi connectivity index (χ2v) is 3.19. The average Bonchev–Trinajstić information content (AvgIpc) is 2.40. The van der Waals surface area contributed by atoms with E-state index in [1.54, 1.807) is 6.07 Å². The van der Waals surface area contributed by atoms with Crippen LogP contribution >= 0.6 is 0 Å². The maximum atomic E-state index is 11.0. The van der Waals surface area contributed by atoms with Gasteiger partial charge in [-0.2, -0.15) is 0 Å². The van der Waals surface area contributed by atoms with Gasteiger partial charge in [0.15, 0.2) is 6.61 Å². The van der Waals surface area contributed by atoms with Gasteiger partial charge in [-0.25, -0.2) is 4.79 Å². The maximum Gasteiger partial charge on any atom is 0.335 e. The first kappa shape index (κ1) is 9.51. The molecule has 0 fully saturated rings. The Labute approximate surface area is 85.7 Å². The van der Waals surface area contributed by atoms with E-state index in [-0.39, 0.29) is 18.1 Å². The third-order valence-electron chi connectivity index (χ3n) is 2.14. The molecular formula is C10H9NO4. The number of carbonyl (C=O) groups is 2. The molecule has 1 aromatic carbocycles. The van der Waals surface area contributed by atoms with Crippen molar-refractivity contribution in [2.75, 3.05) is 6.61 Å². The number of hydrogen-bond acceptors (Lipinski definition) is 3. The highest BCUT2D eigenvalue weighted by atomic mass is 16.5. The SMILES string of the molecule is O=C1COc2ccc(C(=O)O)cc2CN1. The second kappa shape index (κ2) is 3.61. The van der Waals surface area contributed by atoms with E-state index >= 15 is 0 Å². The first-order valence-electron chi connectivity index (χ1n) is 4.42. The van der Waals surface area contributed by atoms with Crippen molar-refractivity contribution in [2.45, 2.75) is 6.54 Å². The van der Waals surface area contributed by atoms with Crippen molar-refractivity contribution in [1.82, 2.24) is 5.32 Å². The Bertz CT molecular complexity index is 427. The van der Waals surface area contributed by atoms with Crippen molar-refractivity contribution in [1.29, 1.82) is 0 Å². The first-order chi connectivity index (χ1) is 7.16. The molecule has 2 rings (SSSR count). The van der Waals surface area contributed by atoms with Crippen LogP contribution in [0.3, 0.4) is 0 Å². The van der Waals surface area contributed by atoms with E-state index in [1.165, 1.54) is 12.1 Å².